The molecule has 4 rings (SSSR count). The Balaban J connectivity index is 1.18. The molecule has 3 aromatic rings. The van der Waals surface area contributed by atoms with Crippen molar-refractivity contribution in [2.24, 2.45) is 0 Å². The number of anilines is 2. The molecule has 0 unspecified atom stereocenters. The molecular formula is C23H23ClN4O2S2. The van der Waals surface area contributed by atoms with E-state index < -0.39 is 0 Å². The largest absolute Gasteiger partial charge is 0.368 e. The molecule has 9 heteroatoms. The number of hydrogen-bond acceptors (Lipinski definition) is 6. The van der Waals surface area contributed by atoms with E-state index in [1.807, 2.05) is 52.7 Å². The zero-order valence-electron chi connectivity index (χ0n) is 17.4. The highest BCUT2D eigenvalue weighted by molar-refractivity contribution is 8.00. The SMILES string of the molecule is O=C(CSCC(=O)N1CCN(c2ccccc2)CC1)Nc1nc(-c2ccc(Cl)cc2)cs1. The monoisotopic (exact) mass is 486 g/mol. The second kappa shape index (κ2) is 10.8. The molecule has 2 aromatic carbocycles. The van der Waals surface area contributed by atoms with E-state index in [1.54, 1.807) is 0 Å². The lowest BCUT2D eigenvalue weighted by atomic mass is 10.2. The Hall–Kier alpha value is -2.55. The van der Waals surface area contributed by atoms with Gasteiger partial charge in [-0.15, -0.1) is 23.1 Å². The van der Waals surface area contributed by atoms with Crippen molar-refractivity contribution < 1.29 is 9.59 Å². The molecule has 0 spiro atoms. The molecule has 1 saturated heterocycles. The summed E-state index contributed by atoms with van der Waals surface area (Å²) in [5.74, 6) is 0.432. The predicted octanol–water partition coefficient (Wildman–Crippen LogP) is 4.48. The Morgan fingerprint density at radius 2 is 1.72 bits per heavy atom. The fourth-order valence-electron chi connectivity index (χ4n) is 3.41. The fourth-order valence-corrected chi connectivity index (χ4v) is 4.99. The number of rotatable bonds is 7. The first-order valence-corrected chi connectivity index (χ1v) is 12.7. The summed E-state index contributed by atoms with van der Waals surface area (Å²) >= 11 is 8.62. The van der Waals surface area contributed by atoms with Crippen LogP contribution in [-0.2, 0) is 9.59 Å². The number of amides is 2. The number of hydrogen-bond donors (Lipinski definition) is 1. The molecule has 2 heterocycles. The van der Waals surface area contributed by atoms with Gasteiger partial charge in [0.05, 0.1) is 17.2 Å². The zero-order valence-corrected chi connectivity index (χ0v) is 19.8. The lowest BCUT2D eigenvalue weighted by molar-refractivity contribution is -0.128. The molecule has 2 amide bonds. The quantitative estimate of drug-likeness (QED) is 0.533. The van der Waals surface area contributed by atoms with Gasteiger partial charge >= 0.3 is 0 Å². The van der Waals surface area contributed by atoms with Gasteiger partial charge < -0.3 is 15.1 Å². The van der Waals surface area contributed by atoms with Crippen molar-refractivity contribution >= 4 is 57.3 Å². The van der Waals surface area contributed by atoms with Crippen molar-refractivity contribution in [1.29, 1.82) is 0 Å². The summed E-state index contributed by atoms with van der Waals surface area (Å²) in [4.78, 5) is 33.4. The van der Waals surface area contributed by atoms with Crippen LogP contribution in [0.1, 0.15) is 0 Å². The lowest BCUT2D eigenvalue weighted by Gasteiger charge is -2.36. The molecule has 0 radical (unpaired) electrons. The van der Waals surface area contributed by atoms with E-state index in [0.29, 0.717) is 29.0 Å². The average Bonchev–Trinajstić information content (AvgIpc) is 3.28. The van der Waals surface area contributed by atoms with Crippen LogP contribution in [0.4, 0.5) is 10.8 Å². The topological polar surface area (TPSA) is 65.5 Å². The Kier molecular flexibility index (Phi) is 7.68. The number of thioether (sulfide) groups is 1. The standard InChI is InChI=1S/C23H23ClN4O2S2/c24-18-8-6-17(7-9-18)20-14-32-23(25-20)26-21(29)15-31-16-22(30)28-12-10-27(11-13-28)19-4-2-1-3-5-19/h1-9,14H,10-13,15-16H2,(H,25,26,29). The van der Waals surface area contributed by atoms with Crippen molar-refractivity contribution in [2.45, 2.75) is 0 Å². The normalized spacial score (nSPS) is 13.8. The number of piperazine rings is 1. The number of carbonyl (C=O) groups is 2. The van der Waals surface area contributed by atoms with Gasteiger partial charge in [0.25, 0.3) is 0 Å². The van der Waals surface area contributed by atoms with Gasteiger partial charge in [0.15, 0.2) is 5.13 Å². The Morgan fingerprint density at radius 1 is 1.00 bits per heavy atom. The molecule has 166 valence electrons. The van der Waals surface area contributed by atoms with Crippen molar-refractivity contribution in [2.75, 3.05) is 47.9 Å². The number of para-hydroxylation sites is 1. The van der Waals surface area contributed by atoms with Gasteiger partial charge in [0, 0.05) is 47.8 Å². The third-order valence-corrected chi connectivity index (χ3v) is 7.03. The highest BCUT2D eigenvalue weighted by atomic mass is 35.5. The van der Waals surface area contributed by atoms with Crippen LogP contribution >= 0.6 is 34.7 Å². The summed E-state index contributed by atoms with van der Waals surface area (Å²) in [7, 11) is 0. The zero-order chi connectivity index (χ0) is 22.3. The fraction of sp³-hybridized carbons (Fsp3) is 0.261. The maximum Gasteiger partial charge on any atom is 0.236 e. The van der Waals surface area contributed by atoms with Crippen LogP contribution in [0.15, 0.2) is 60.0 Å². The number of carbonyl (C=O) groups excluding carboxylic acids is 2. The number of halogens is 1. The van der Waals surface area contributed by atoms with Crippen molar-refractivity contribution in [1.82, 2.24) is 9.88 Å². The van der Waals surface area contributed by atoms with E-state index in [0.717, 1.165) is 24.3 Å². The van der Waals surface area contributed by atoms with Gasteiger partial charge in [-0.1, -0.05) is 41.9 Å². The molecule has 0 aliphatic carbocycles. The minimum absolute atomic E-state index is 0.0785. The van der Waals surface area contributed by atoms with Gasteiger partial charge in [-0.05, 0) is 24.3 Å². The van der Waals surface area contributed by atoms with Crippen LogP contribution in [0.3, 0.4) is 0 Å². The molecule has 6 nitrogen and oxygen atoms in total. The minimum Gasteiger partial charge on any atom is -0.368 e. The van der Waals surface area contributed by atoms with Gasteiger partial charge in [0.2, 0.25) is 11.8 Å². The molecule has 1 aliphatic heterocycles. The highest BCUT2D eigenvalue weighted by Gasteiger charge is 2.21. The van der Waals surface area contributed by atoms with Crippen LogP contribution in [0.25, 0.3) is 11.3 Å². The molecule has 1 N–H and O–H groups in total. The molecular weight excluding hydrogens is 464 g/mol. The third kappa shape index (κ3) is 6.03. The van der Waals surface area contributed by atoms with Gasteiger partial charge in [-0.2, -0.15) is 0 Å². The summed E-state index contributed by atoms with van der Waals surface area (Å²) in [6.07, 6.45) is 0. The van der Waals surface area contributed by atoms with Crippen LogP contribution < -0.4 is 10.2 Å². The minimum atomic E-state index is -0.159. The maximum absolute atomic E-state index is 12.5. The molecule has 1 fully saturated rings. The number of nitrogens with zero attached hydrogens (tertiary/aromatic N) is 3. The molecule has 1 aromatic heterocycles. The summed E-state index contributed by atoms with van der Waals surface area (Å²) in [5.41, 5.74) is 2.92. The maximum atomic E-state index is 12.5. The van der Waals surface area contributed by atoms with Crippen molar-refractivity contribution in [3.05, 3.63) is 65.0 Å². The van der Waals surface area contributed by atoms with Crippen LogP contribution in [-0.4, -0.2) is 59.4 Å². The van der Waals surface area contributed by atoms with E-state index >= 15 is 0 Å². The second-order valence-corrected chi connectivity index (χ2v) is 9.57. The van der Waals surface area contributed by atoms with E-state index in [2.05, 4.69) is 27.3 Å². The first-order chi connectivity index (χ1) is 15.6. The molecule has 0 saturated carbocycles. The smallest absolute Gasteiger partial charge is 0.236 e. The van der Waals surface area contributed by atoms with E-state index in [-0.39, 0.29) is 17.6 Å². The van der Waals surface area contributed by atoms with Crippen LogP contribution in [0, 0.1) is 0 Å². The summed E-state index contributed by atoms with van der Waals surface area (Å²) in [6, 6.07) is 17.6. The van der Waals surface area contributed by atoms with Crippen LogP contribution in [0.5, 0.6) is 0 Å². The summed E-state index contributed by atoms with van der Waals surface area (Å²) in [5, 5.41) is 5.92. The van der Waals surface area contributed by atoms with Crippen LogP contribution in [0.2, 0.25) is 5.02 Å². The molecule has 32 heavy (non-hydrogen) atoms. The van der Waals surface area contributed by atoms with E-state index in [1.165, 1.54) is 28.8 Å². The Bertz CT molecular complexity index is 1050. The third-order valence-electron chi connectivity index (χ3n) is 5.10. The van der Waals surface area contributed by atoms with E-state index in [9.17, 15) is 9.59 Å². The molecule has 0 atom stereocenters. The Labute approximate surface area is 200 Å². The summed E-state index contributed by atoms with van der Waals surface area (Å²) in [6.45, 7) is 3.04. The van der Waals surface area contributed by atoms with Crippen molar-refractivity contribution in [3.63, 3.8) is 0 Å². The van der Waals surface area contributed by atoms with Crippen molar-refractivity contribution in [3.8, 4) is 11.3 Å². The lowest BCUT2D eigenvalue weighted by Crippen LogP contribution is -2.49. The number of aromatic nitrogens is 1. The van der Waals surface area contributed by atoms with Gasteiger partial charge in [-0.3, -0.25) is 9.59 Å². The number of thiazole rings is 1. The second-order valence-electron chi connectivity index (χ2n) is 7.29. The number of benzene rings is 2. The number of nitrogens with one attached hydrogen (secondary N) is 1. The van der Waals surface area contributed by atoms with Gasteiger partial charge in [0.1, 0.15) is 0 Å². The average molecular weight is 487 g/mol. The molecule has 0 bridgehead atoms. The van der Waals surface area contributed by atoms with Gasteiger partial charge in [-0.25, -0.2) is 4.98 Å². The highest BCUT2D eigenvalue weighted by Crippen LogP contribution is 2.26. The predicted molar refractivity (Wildman–Crippen MR) is 134 cm³/mol. The molecule has 1 aliphatic rings. The first kappa shape index (κ1) is 22.6. The Morgan fingerprint density at radius 3 is 2.44 bits per heavy atom. The summed E-state index contributed by atoms with van der Waals surface area (Å²) < 4.78 is 0. The first-order valence-electron chi connectivity index (χ1n) is 10.3. The van der Waals surface area contributed by atoms with E-state index in [4.69, 9.17) is 11.6 Å².